The third kappa shape index (κ3) is 3.01. The topological polar surface area (TPSA) is 101 Å². The smallest absolute Gasteiger partial charge is 0.157 e. The van der Waals surface area contributed by atoms with Crippen LogP contribution >= 0.6 is 0 Å². The summed E-state index contributed by atoms with van der Waals surface area (Å²) in [5, 5.41) is 49.6. The number of phenolic OH excluding ortho intramolecular Hbond substituents is 5. The molecule has 0 aliphatic carbocycles. The van der Waals surface area contributed by atoms with E-state index in [0.717, 1.165) is 27.8 Å². The quantitative estimate of drug-likeness (QED) is 0.353. The van der Waals surface area contributed by atoms with Gasteiger partial charge in [0, 0.05) is 5.41 Å². The van der Waals surface area contributed by atoms with Crippen LogP contribution in [-0.2, 0) is 5.41 Å². The molecule has 0 spiro atoms. The Hall–Kier alpha value is -3.34. The second-order valence-corrected chi connectivity index (χ2v) is 6.98. The van der Waals surface area contributed by atoms with Gasteiger partial charge in [0.15, 0.2) is 23.0 Å². The molecule has 3 rings (SSSR count). The zero-order valence-corrected chi connectivity index (χ0v) is 15.4. The largest absolute Gasteiger partial charge is 0.508 e. The Bertz CT molecular complexity index is 949. The van der Waals surface area contributed by atoms with E-state index in [1.807, 2.05) is 20.8 Å². The summed E-state index contributed by atoms with van der Waals surface area (Å²) >= 11 is 0. The van der Waals surface area contributed by atoms with Crippen molar-refractivity contribution >= 4 is 0 Å². The Kier molecular flexibility index (Phi) is 4.39. The lowest BCUT2D eigenvalue weighted by molar-refractivity contribution is 0.400. The Morgan fingerprint density at radius 3 is 1.37 bits per heavy atom. The highest BCUT2D eigenvalue weighted by Crippen LogP contribution is 2.46. The normalized spacial score (nSPS) is 11.5. The lowest BCUT2D eigenvalue weighted by Gasteiger charge is -2.35. The molecule has 0 aliphatic heterocycles. The molecule has 0 saturated heterocycles. The molecule has 0 fully saturated rings. The van der Waals surface area contributed by atoms with Crippen molar-refractivity contribution in [3.63, 3.8) is 0 Å². The molecule has 0 aromatic heterocycles. The lowest BCUT2D eigenvalue weighted by Crippen LogP contribution is -2.27. The highest BCUT2D eigenvalue weighted by molar-refractivity contribution is 5.60. The lowest BCUT2D eigenvalue weighted by atomic mass is 9.68. The summed E-state index contributed by atoms with van der Waals surface area (Å²) in [5.74, 6) is -0.802. The first-order valence-electron chi connectivity index (χ1n) is 8.50. The summed E-state index contributed by atoms with van der Waals surface area (Å²) in [7, 11) is 0. The summed E-state index contributed by atoms with van der Waals surface area (Å²) in [4.78, 5) is 0. The minimum Gasteiger partial charge on any atom is -0.508 e. The molecule has 3 aromatic rings. The minimum atomic E-state index is -0.835. The van der Waals surface area contributed by atoms with E-state index in [0.29, 0.717) is 0 Å². The zero-order chi connectivity index (χ0) is 19.9. The van der Waals surface area contributed by atoms with E-state index in [1.165, 1.54) is 24.3 Å². The fourth-order valence-corrected chi connectivity index (χ4v) is 3.69. The van der Waals surface area contributed by atoms with Gasteiger partial charge < -0.3 is 25.5 Å². The van der Waals surface area contributed by atoms with Gasteiger partial charge in [-0.3, -0.25) is 0 Å². The number of hydrogen-bond acceptors (Lipinski definition) is 5. The van der Waals surface area contributed by atoms with Crippen molar-refractivity contribution < 1.29 is 25.5 Å². The van der Waals surface area contributed by atoms with Gasteiger partial charge in [0.25, 0.3) is 0 Å². The maximum Gasteiger partial charge on any atom is 0.157 e. The number of benzene rings is 3. The third-order valence-corrected chi connectivity index (χ3v) is 5.17. The van der Waals surface area contributed by atoms with Gasteiger partial charge in [-0.05, 0) is 85.0 Å². The fraction of sp³-hybridized carbons (Fsp3) is 0.182. The van der Waals surface area contributed by atoms with Gasteiger partial charge in [0.2, 0.25) is 0 Å². The van der Waals surface area contributed by atoms with Crippen LogP contribution < -0.4 is 0 Å². The highest BCUT2D eigenvalue weighted by Gasteiger charge is 2.35. The summed E-state index contributed by atoms with van der Waals surface area (Å²) < 4.78 is 0. The minimum absolute atomic E-state index is 0.122. The van der Waals surface area contributed by atoms with Gasteiger partial charge in [0.1, 0.15) is 5.75 Å². The summed E-state index contributed by atoms with van der Waals surface area (Å²) in [6.45, 7) is 5.57. The predicted molar refractivity (Wildman–Crippen MR) is 103 cm³/mol. The fourth-order valence-electron chi connectivity index (χ4n) is 3.69. The standard InChI is InChI=1S/C22H22O5/c1-12-8-18(24)20(26)10-16(12)22(3,14-4-6-15(23)7-5-14)17-11-21(27)19(25)9-13(17)2/h4-11,23-27H,1-3H3. The predicted octanol–water partition coefficient (Wildman–Crippen LogP) is 4.19. The van der Waals surface area contributed by atoms with Crippen molar-refractivity contribution in [1.82, 2.24) is 0 Å². The molecule has 5 heteroatoms. The Morgan fingerprint density at radius 2 is 0.963 bits per heavy atom. The molecular weight excluding hydrogens is 344 g/mol. The third-order valence-electron chi connectivity index (χ3n) is 5.17. The number of aryl methyl sites for hydroxylation is 2. The molecule has 5 N–H and O–H groups in total. The molecule has 27 heavy (non-hydrogen) atoms. The van der Waals surface area contributed by atoms with E-state index >= 15 is 0 Å². The Balaban J connectivity index is 2.40. The van der Waals surface area contributed by atoms with Crippen molar-refractivity contribution in [1.29, 1.82) is 0 Å². The molecule has 0 amide bonds. The SMILES string of the molecule is Cc1cc(O)c(O)cc1C(C)(c1ccc(O)cc1)c1cc(O)c(O)cc1C. The van der Waals surface area contributed by atoms with Crippen LogP contribution in [0.2, 0.25) is 0 Å². The van der Waals surface area contributed by atoms with Crippen LogP contribution in [0.25, 0.3) is 0 Å². The van der Waals surface area contributed by atoms with Crippen molar-refractivity contribution in [2.45, 2.75) is 26.2 Å². The molecule has 3 aromatic carbocycles. The van der Waals surface area contributed by atoms with Crippen LogP contribution in [-0.4, -0.2) is 25.5 Å². The van der Waals surface area contributed by atoms with Gasteiger partial charge in [0.05, 0.1) is 0 Å². The van der Waals surface area contributed by atoms with Gasteiger partial charge in [-0.1, -0.05) is 12.1 Å². The molecule has 0 radical (unpaired) electrons. The van der Waals surface area contributed by atoms with Crippen LogP contribution in [0.3, 0.4) is 0 Å². The van der Waals surface area contributed by atoms with Crippen LogP contribution in [0.5, 0.6) is 28.7 Å². The summed E-state index contributed by atoms with van der Waals surface area (Å²) in [6, 6.07) is 12.6. The second-order valence-electron chi connectivity index (χ2n) is 6.98. The molecule has 140 valence electrons. The van der Waals surface area contributed by atoms with E-state index < -0.39 is 5.41 Å². The molecule has 0 unspecified atom stereocenters. The van der Waals surface area contributed by atoms with Crippen molar-refractivity contribution in [2.24, 2.45) is 0 Å². The van der Waals surface area contributed by atoms with E-state index in [1.54, 1.807) is 24.3 Å². The summed E-state index contributed by atoms with van der Waals surface area (Å²) in [6.07, 6.45) is 0. The van der Waals surface area contributed by atoms with E-state index in [4.69, 9.17) is 0 Å². The maximum absolute atomic E-state index is 10.1. The second kappa shape index (κ2) is 6.43. The van der Waals surface area contributed by atoms with Gasteiger partial charge in [-0.15, -0.1) is 0 Å². The van der Waals surface area contributed by atoms with E-state index in [-0.39, 0.29) is 28.7 Å². The summed E-state index contributed by atoms with van der Waals surface area (Å²) in [5.41, 5.74) is 2.90. The first-order valence-corrected chi connectivity index (χ1v) is 8.50. The van der Waals surface area contributed by atoms with E-state index in [2.05, 4.69) is 0 Å². The monoisotopic (exact) mass is 366 g/mol. The average Bonchev–Trinajstić information content (AvgIpc) is 2.61. The first kappa shape index (κ1) is 18.5. The van der Waals surface area contributed by atoms with Gasteiger partial charge in [-0.2, -0.15) is 0 Å². The van der Waals surface area contributed by atoms with Crippen LogP contribution in [0, 0.1) is 13.8 Å². The number of hydrogen-bond donors (Lipinski definition) is 5. The number of phenols is 5. The number of aromatic hydroxyl groups is 5. The van der Waals surface area contributed by atoms with Crippen molar-refractivity contribution in [3.8, 4) is 28.7 Å². The van der Waals surface area contributed by atoms with Crippen molar-refractivity contribution in [3.05, 3.63) is 76.3 Å². The first-order chi connectivity index (χ1) is 12.6. The zero-order valence-electron chi connectivity index (χ0n) is 15.4. The van der Waals surface area contributed by atoms with Crippen LogP contribution in [0.15, 0.2) is 48.5 Å². The van der Waals surface area contributed by atoms with Crippen molar-refractivity contribution in [2.75, 3.05) is 0 Å². The maximum atomic E-state index is 10.1. The molecule has 0 atom stereocenters. The highest BCUT2D eigenvalue weighted by atomic mass is 16.3. The van der Waals surface area contributed by atoms with E-state index in [9.17, 15) is 25.5 Å². The molecule has 0 saturated carbocycles. The van der Waals surface area contributed by atoms with Gasteiger partial charge >= 0.3 is 0 Å². The molecule has 5 nitrogen and oxygen atoms in total. The Labute approximate surface area is 157 Å². The average molecular weight is 366 g/mol. The Morgan fingerprint density at radius 1 is 0.593 bits per heavy atom. The van der Waals surface area contributed by atoms with Crippen LogP contribution in [0.4, 0.5) is 0 Å². The van der Waals surface area contributed by atoms with Gasteiger partial charge in [-0.25, -0.2) is 0 Å². The molecule has 0 aliphatic rings. The van der Waals surface area contributed by atoms with Crippen LogP contribution in [0.1, 0.15) is 34.7 Å². The number of rotatable bonds is 3. The molecule has 0 bridgehead atoms. The molecule has 0 heterocycles. The molecular formula is C22H22O5.